The van der Waals surface area contributed by atoms with Crippen molar-refractivity contribution in [1.82, 2.24) is 0 Å². The number of allylic oxidation sites excluding steroid dienone is 2. The molecule has 0 aromatic heterocycles. The van der Waals surface area contributed by atoms with Crippen LogP contribution in [0.25, 0.3) is 0 Å². The molecule has 1 atom stereocenters. The fraction of sp³-hybridized carbons (Fsp3) is 0.308. The Morgan fingerprint density at radius 3 is 2.29 bits per heavy atom. The van der Waals surface area contributed by atoms with Crippen molar-refractivity contribution in [3.63, 3.8) is 0 Å². The molecule has 1 heteroatoms. The molecule has 1 aromatic rings. The minimum absolute atomic E-state index is 0.146. The van der Waals surface area contributed by atoms with Crippen LogP contribution in [0.2, 0.25) is 0 Å². The smallest absolute Gasteiger partial charge is 0.155 e. The van der Waals surface area contributed by atoms with Gasteiger partial charge in [-0.05, 0) is 30.9 Å². The summed E-state index contributed by atoms with van der Waals surface area (Å²) in [5.41, 5.74) is 2.08. The highest BCUT2D eigenvalue weighted by Gasteiger charge is 2.03. The summed E-state index contributed by atoms with van der Waals surface area (Å²) < 4.78 is 0. The molecule has 0 radical (unpaired) electrons. The van der Waals surface area contributed by atoms with Crippen LogP contribution in [-0.4, -0.2) is 5.78 Å². The summed E-state index contributed by atoms with van der Waals surface area (Å²) in [5.74, 6) is 0.452. The summed E-state index contributed by atoms with van der Waals surface area (Å²) in [4.78, 5) is 11.0. The summed E-state index contributed by atoms with van der Waals surface area (Å²) >= 11 is 0. The molecule has 0 saturated carbocycles. The standard InChI is InChI=1S/C13H16O/c1-10(12(3)14)9-11(2)13-7-5-4-6-8-13/h4-9,11H,1-3H3/b10-9-. The third kappa shape index (κ3) is 2.84. The molecular weight excluding hydrogens is 172 g/mol. The predicted octanol–water partition coefficient (Wildman–Crippen LogP) is 3.33. The van der Waals surface area contributed by atoms with E-state index in [9.17, 15) is 4.79 Å². The Morgan fingerprint density at radius 1 is 1.21 bits per heavy atom. The zero-order chi connectivity index (χ0) is 10.6. The monoisotopic (exact) mass is 188 g/mol. The maximum absolute atomic E-state index is 11.0. The van der Waals surface area contributed by atoms with E-state index in [0.29, 0.717) is 5.92 Å². The van der Waals surface area contributed by atoms with Gasteiger partial charge in [-0.2, -0.15) is 0 Å². The highest BCUT2D eigenvalue weighted by molar-refractivity contribution is 5.92. The van der Waals surface area contributed by atoms with Crippen LogP contribution in [0.3, 0.4) is 0 Å². The highest BCUT2D eigenvalue weighted by atomic mass is 16.1. The Bertz CT molecular complexity index is 336. The topological polar surface area (TPSA) is 17.1 Å². The van der Waals surface area contributed by atoms with Crippen LogP contribution in [0.5, 0.6) is 0 Å². The van der Waals surface area contributed by atoms with E-state index in [0.717, 1.165) is 5.57 Å². The molecule has 0 aliphatic carbocycles. The van der Waals surface area contributed by atoms with Crippen molar-refractivity contribution in [3.8, 4) is 0 Å². The van der Waals surface area contributed by atoms with E-state index < -0.39 is 0 Å². The highest BCUT2D eigenvalue weighted by Crippen LogP contribution is 2.17. The van der Waals surface area contributed by atoms with E-state index in [2.05, 4.69) is 19.1 Å². The molecule has 0 amide bonds. The van der Waals surface area contributed by atoms with Crippen molar-refractivity contribution < 1.29 is 4.79 Å². The average Bonchev–Trinajstić information content (AvgIpc) is 2.19. The maximum atomic E-state index is 11.0. The van der Waals surface area contributed by atoms with Gasteiger partial charge in [-0.3, -0.25) is 4.79 Å². The van der Waals surface area contributed by atoms with Gasteiger partial charge in [0.25, 0.3) is 0 Å². The number of carbonyl (C=O) groups is 1. The Morgan fingerprint density at radius 2 is 1.79 bits per heavy atom. The van der Waals surface area contributed by atoms with Crippen LogP contribution < -0.4 is 0 Å². The molecule has 1 aromatic carbocycles. The molecule has 74 valence electrons. The molecule has 1 nitrogen and oxygen atoms in total. The first-order valence-electron chi connectivity index (χ1n) is 4.85. The normalized spacial score (nSPS) is 13.8. The van der Waals surface area contributed by atoms with Crippen LogP contribution >= 0.6 is 0 Å². The van der Waals surface area contributed by atoms with Crippen molar-refractivity contribution in [2.24, 2.45) is 0 Å². The van der Waals surface area contributed by atoms with Crippen molar-refractivity contribution in [3.05, 3.63) is 47.5 Å². The number of benzene rings is 1. The van der Waals surface area contributed by atoms with Gasteiger partial charge < -0.3 is 0 Å². The zero-order valence-corrected chi connectivity index (χ0v) is 8.95. The summed E-state index contributed by atoms with van der Waals surface area (Å²) in [6.45, 7) is 5.56. The van der Waals surface area contributed by atoms with Crippen LogP contribution in [-0.2, 0) is 4.79 Å². The number of rotatable bonds is 3. The summed E-state index contributed by atoms with van der Waals surface area (Å²) in [5, 5.41) is 0. The predicted molar refractivity (Wildman–Crippen MR) is 59.3 cm³/mol. The molecule has 0 aliphatic heterocycles. The number of Topliss-reactive ketones (excluding diaryl/α,β-unsaturated/α-hetero) is 1. The van der Waals surface area contributed by atoms with Crippen molar-refractivity contribution >= 4 is 5.78 Å². The van der Waals surface area contributed by atoms with Crippen molar-refractivity contribution in [2.75, 3.05) is 0 Å². The van der Waals surface area contributed by atoms with Crippen LogP contribution in [0.15, 0.2) is 42.0 Å². The van der Waals surface area contributed by atoms with Gasteiger partial charge in [0.15, 0.2) is 5.78 Å². The molecule has 0 aliphatic rings. The van der Waals surface area contributed by atoms with Gasteiger partial charge in [0.1, 0.15) is 0 Å². The Kier molecular flexibility index (Phi) is 3.63. The Balaban J connectivity index is 2.82. The van der Waals surface area contributed by atoms with Gasteiger partial charge in [-0.25, -0.2) is 0 Å². The summed E-state index contributed by atoms with van der Waals surface area (Å²) in [7, 11) is 0. The minimum atomic E-state index is 0.146. The molecule has 1 rings (SSSR count). The fourth-order valence-corrected chi connectivity index (χ4v) is 1.35. The SMILES string of the molecule is CC(=O)/C(C)=C\C(C)c1ccccc1. The first-order chi connectivity index (χ1) is 6.61. The maximum Gasteiger partial charge on any atom is 0.155 e. The lowest BCUT2D eigenvalue weighted by atomic mass is 9.98. The van der Waals surface area contributed by atoms with Gasteiger partial charge >= 0.3 is 0 Å². The van der Waals surface area contributed by atoms with E-state index in [1.54, 1.807) is 6.92 Å². The fourth-order valence-electron chi connectivity index (χ4n) is 1.35. The second-order valence-corrected chi connectivity index (χ2v) is 3.61. The summed E-state index contributed by atoms with van der Waals surface area (Å²) in [6.07, 6.45) is 2.01. The zero-order valence-electron chi connectivity index (χ0n) is 8.95. The molecule has 0 fully saturated rings. The van der Waals surface area contributed by atoms with Gasteiger partial charge in [0, 0.05) is 0 Å². The quantitative estimate of drug-likeness (QED) is 0.665. The third-order valence-electron chi connectivity index (χ3n) is 2.38. The molecule has 1 unspecified atom stereocenters. The van der Waals surface area contributed by atoms with Gasteiger partial charge in [0.05, 0.1) is 0 Å². The number of ketones is 1. The first-order valence-corrected chi connectivity index (χ1v) is 4.85. The lowest BCUT2D eigenvalue weighted by Gasteiger charge is -2.07. The second kappa shape index (κ2) is 4.75. The Hall–Kier alpha value is -1.37. The van der Waals surface area contributed by atoms with Crippen molar-refractivity contribution in [1.29, 1.82) is 0 Å². The average molecular weight is 188 g/mol. The van der Waals surface area contributed by atoms with Crippen LogP contribution in [0.4, 0.5) is 0 Å². The number of carbonyl (C=O) groups excluding carboxylic acids is 1. The van der Waals surface area contributed by atoms with Gasteiger partial charge in [0.2, 0.25) is 0 Å². The van der Waals surface area contributed by atoms with Crippen molar-refractivity contribution in [2.45, 2.75) is 26.7 Å². The van der Waals surface area contributed by atoms with E-state index in [4.69, 9.17) is 0 Å². The number of hydrogen-bond donors (Lipinski definition) is 0. The van der Waals surface area contributed by atoms with Crippen LogP contribution in [0.1, 0.15) is 32.3 Å². The van der Waals surface area contributed by atoms with E-state index >= 15 is 0 Å². The van der Waals surface area contributed by atoms with Crippen LogP contribution in [0, 0.1) is 0 Å². The molecule has 0 spiro atoms. The lowest BCUT2D eigenvalue weighted by Crippen LogP contribution is -1.96. The first kappa shape index (κ1) is 10.7. The van der Waals surface area contributed by atoms with E-state index in [1.807, 2.05) is 31.2 Å². The largest absolute Gasteiger partial charge is 0.295 e. The van der Waals surface area contributed by atoms with Gasteiger partial charge in [-0.15, -0.1) is 0 Å². The molecular formula is C13H16O. The number of hydrogen-bond acceptors (Lipinski definition) is 1. The molecule has 0 N–H and O–H groups in total. The molecule has 0 saturated heterocycles. The van der Waals surface area contributed by atoms with Gasteiger partial charge in [-0.1, -0.05) is 43.3 Å². The lowest BCUT2D eigenvalue weighted by molar-refractivity contribution is -0.113. The Labute approximate surface area is 85.5 Å². The minimum Gasteiger partial charge on any atom is -0.295 e. The third-order valence-corrected chi connectivity index (χ3v) is 2.38. The molecule has 0 heterocycles. The second-order valence-electron chi connectivity index (χ2n) is 3.61. The molecule has 0 bridgehead atoms. The summed E-state index contributed by atoms with van der Waals surface area (Å²) in [6, 6.07) is 10.2. The van der Waals surface area contributed by atoms with E-state index in [1.165, 1.54) is 5.56 Å². The van der Waals surface area contributed by atoms with E-state index in [-0.39, 0.29) is 5.78 Å². The molecule has 14 heavy (non-hydrogen) atoms.